The van der Waals surface area contributed by atoms with E-state index in [2.05, 4.69) is 24.3 Å². The van der Waals surface area contributed by atoms with Gasteiger partial charge in [0.25, 0.3) is 0 Å². The van der Waals surface area contributed by atoms with E-state index >= 15 is 0 Å². The molecule has 1 aliphatic carbocycles. The largest absolute Gasteiger partial charge is 0.458 e. The molecule has 0 radical (unpaired) electrons. The highest BCUT2D eigenvalue weighted by molar-refractivity contribution is 5.88. The van der Waals surface area contributed by atoms with Gasteiger partial charge in [-0.25, -0.2) is 0 Å². The van der Waals surface area contributed by atoms with Crippen molar-refractivity contribution in [3.63, 3.8) is 0 Å². The van der Waals surface area contributed by atoms with Crippen LogP contribution in [0.3, 0.4) is 0 Å². The molecule has 1 unspecified atom stereocenters. The van der Waals surface area contributed by atoms with Crippen LogP contribution in [-0.2, 0) is 27.2 Å². The highest BCUT2D eigenvalue weighted by Gasteiger charge is 2.54. The van der Waals surface area contributed by atoms with Crippen LogP contribution in [0.15, 0.2) is 24.3 Å². The minimum absolute atomic E-state index is 0.130. The van der Waals surface area contributed by atoms with Gasteiger partial charge < -0.3 is 9.64 Å². The summed E-state index contributed by atoms with van der Waals surface area (Å²) in [6.45, 7) is 1.49. The zero-order valence-electron chi connectivity index (χ0n) is 13.4. The lowest BCUT2D eigenvalue weighted by Crippen LogP contribution is -2.45. The summed E-state index contributed by atoms with van der Waals surface area (Å²) in [5, 5.41) is 0. The van der Waals surface area contributed by atoms with Gasteiger partial charge in [0, 0.05) is 13.1 Å². The fraction of sp³-hybridized carbons (Fsp3) is 0.579. The molecule has 0 bridgehead atoms. The van der Waals surface area contributed by atoms with E-state index in [1.165, 1.54) is 11.1 Å². The van der Waals surface area contributed by atoms with Gasteiger partial charge in [-0.3, -0.25) is 9.59 Å². The Morgan fingerprint density at radius 2 is 1.70 bits per heavy atom. The fourth-order valence-corrected chi connectivity index (χ4v) is 4.54. The number of carbonyl (C=O) groups is 2. The van der Waals surface area contributed by atoms with E-state index in [9.17, 15) is 9.59 Å². The van der Waals surface area contributed by atoms with Gasteiger partial charge in [0.1, 0.15) is 5.60 Å². The molecule has 1 saturated carbocycles. The second-order valence-electron chi connectivity index (χ2n) is 7.10. The van der Waals surface area contributed by atoms with Crippen LogP contribution >= 0.6 is 0 Å². The highest BCUT2D eigenvalue weighted by Crippen LogP contribution is 2.46. The Labute approximate surface area is 136 Å². The van der Waals surface area contributed by atoms with E-state index in [0.717, 1.165) is 51.6 Å². The fourth-order valence-electron chi connectivity index (χ4n) is 4.54. The molecule has 23 heavy (non-hydrogen) atoms. The predicted molar refractivity (Wildman–Crippen MR) is 85.8 cm³/mol. The Balaban J connectivity index is 1.52. The maximum Gasteiger partial charge on any atom is 0.307 e. The average molecular weight is 313 g/mol. The van der Waals surface area contributed by atoms with Gasteiger partial charge in [-0.15, -0.1) is 0 Å². The molecular weight excluding hydrogens is 290 g/mol. The molecule has 1 spiro atoms. The molecule has 1 aromatic rings. The molecule has 0 aromatic heterocycles. The molecule has 122 valence electrons. The number of carbonyl (C=O) groups excluding carboxylic acids is 2. The van der Waals surface area contributed by atoms with Crippen molar-refractivity contribution in [1.29, 1.82) is 0 Å². The first-order valence-corrected chi connectivity index (χ1v) is 8.75. The molecule has 0 N–H and O–H groups in total. The normalized spacial score (nSPS) is 26.0. The van der Waals surface area contributed by atoms with Gasteiger partial charge in [0.05, 0.1) is 12.3 Å². The third kappa shape index (κ3) is 2.54. The zero-order valence-corrected chi connectivity index (χ0v) is 13.4. The summed E-state index contributed by atoms with van der Waals surface area (Å²) in [5.41, 5.74) is 2.20. The maximum absolute atomic E-state index is 13.1. The summed E-state index contributed by atoms with van der Waals surface area (Å²) in [4.78, 5) is 26.9. The zero-order chi connectivity index (χ0) is 15.9. The third-order valence-corrected chi connectivity index (χ3v) is 5.80. The Hall–Kier alpha value is -1.84. The van der Waals surface area contributed by atoms with E-state index in [-0.39, 0.29) is 24.2 Å². The van der Waals surface area contributed by atoms with Crippen molar-refractivity contribution in [3.8, 4) is 0 Å². The maximum atomic E-state index is 13.1. The number of fused-ring (bicyclic) bond motifs is 1. The van der Waals surface area contributed by atoms with E-state index in [1.54, 1.807) is 0 Å². The Bertz CT molecular complexity index is 606. The highest BCUT2D eigenvalue weighted by atomic mass is 16.6. The number of esters is 1. The summed E-state index contributed by atoms with van der Waals surface area (Å²) in [7, 11) is 0. The Morgan fingerprint density at radius 3 is 2.30 bits per heavy atom. The summed E-state index contributed by atoms with van der Waals surface area (Å²) >= 11 is 0. The topological polar surface area (TPSA) is 46.6 Å². The van der Waals surface area contributed by atoms with Crippen molar-refractivity contribution in [2.24, 2.45) is 5.92 Å². The van der Waals surface area contributed by atoms with Crippen LogP contribution in [0.5, 0.6) is 0 Å². The molecule has 2 fully saturated rings. The number of nitrogens with zero attached hydrogens (tertiary/aromatic N) is 1. The number of benzene rings is 1. The molecule has 4 heteroatoms. The van der Waals surface area contributed by atoms with Gasteiger partial charge in [-0.05, 0) is 49.7 Å². The number of amides is 1. The molecule has 2 aliphatic heterocycles. The lowest BCUT2D eigenvalue weighted by molar-refractivity contribution is -0.151. The van der Waals surface area contributed by atoms with Crippen LogP contribution in [0.2, 0.25) is 0 Å². The van der Waals surface area contributed by atoms with E-state index < -0.39 is 5.60 Å². The van der Waals surface area contributed by atoms with E-state index in [1.807, 2.05) is 4.90 Å². The lowest BCUT2D eigenvalue weighted by atomic mass is 9.84. The average Bonchev–Trinajstić information content (AvgIpc) is 3.07. The summed E-state index contributed by atoms with van der Waals surface area (Å²) in [5.74, 6) is -0.326. The molecule has 1 amide bonds. The smallest absolute Gasteiger partial charge is 0.307 e. The van der Waals surface area contributed by atoms with Gasteiger partial charge in [0.2, 0.25) is 5.91 Å². The van der Waals surface area contributed by atoms with Crippen molar-refractivity contribution < 1.29 is 14.3 Å². The SMILES string of the molecule is O=C1CC(C(=O)N2CCc3ccccc3CC2)C2(CCCC2)O1. The molecule has 4 rings (SSSR count). The second-order valence-corrected chi connectivity index (χ2v) is 7.10. The molecule has 4 nitrogen and oxygen atoms in total. The van der Waals surface area contributed by atoms with Crippen LogP contribution in [0.1, 0.15) is 43.2 Å². The first kappa shape index (κ1) is 14.7. The number of rotatable bonds is 1. The van der Waals surface area contributed by atoms with Crippen LogP contribution in [0.25, 0.3) is 0 Å². The van der Waals surface area contributed by atoms with Gasteiger partial charge >= 0.3 is 5.97 Å². The first-order chi connectivity index (χ1) is 11.2. The van der Waals surface area contributed by atoms with Crippen molar-refractivity contribution in [1.82, 2.24) is 4.90 Å². The molecule has 1 atom stereocenters. The van der Waals surface area contributed by atoms with Crippen LogP contribution < -0.4 is 0 Å². The standard InChI is InChI=1S/C19H23NO3/c21-17-13-16(19(23-17)9-3-4-10-19)18(22)20-11-7-14-5-1-2-6-15(14)8-12-20/h1-2,5-6,16H,3-4,7-13H2. The van der Waals surface area contributed by atoms with Gasteiger partial charge in [-0.1, -0.05) is 24.3 Å². The van der Waals surface area contributed by atoms with Crippen molar-refractivity contribution in [3.05, 3.63) is 35.4 Å². The molecular formula is C19H23NO3. The monoisotopic (exact) mass is 313 g/mol. The number of ether oxygens (including phenoxy) is 1. The van der Waals surface area contributed by atoms with Crippen LogP contribution in [0.4, 0.5) is 0 Å². The molecule has 3 aliphatic rings. The number of hydrogen-bond acceptors (Lipinski definition) is 3. The minimum atomic E-state index is -0.493. The molecule has 2 heterocycles. The van der Waals surface area contributed by atoms with Crippen molar-refractivity contribution in [2.75, 3.05) is 13.1 Å². The van der Waals surface area contributed by atoms with E-state index in [4.69, 9.17) is 4.74 Å². The minimum Gasteiger partial charge on any atom is -0.458 e. The predicted octanol–water partition coefficient (Wildman–Crippen LogP) is 2.49. The molecule has 1 aromatic carbocycles. The second kappa shape index (κ2) is 5.66. The Morgan fingerprint density at radius 1 is 1.09 bits per heavy atom. The lowest BCUT2D eigenvalue weighted by Gasteiger charge is -2.32. The van der Waals surface area contributed by atoms with Gasteiger partial charge in [-0.2, -0.15) is 0 Å². The van der Waals surface area contributed by atoms with E-state index in [0.29, 0.717) is 0 Å². The van der Waals surface area contributed by atoms with Crippen LogP contribution in [-0.4, -0.2) is 35.5 Å². The molecule has 1 saturated heterocycles. The van der Waals surface area contributed by atoms with Crippen LogP contribution in [0, 0.1) is 5.92 Å². The quantitative estimate of drug-likeness (QED) is 0.748. The third-order valence-electron chi connectivity index (χ3n) is 5.80. The summed E-state index contributed by atoms with van der Waals surface area (Å²) in [6.07, 6.45) is 5.88. The number of hydrogen-bond donors (Lipinski definition) is 0. The summed E-state index contributed by atoms with van der Waals surface area (Å²) in [6, 6.07) is 8.44. The van der Waals surface area contributed by atoms with Crippen molar-refractivity contribution >= 4 is 11.9 Å². The Kier molecular flexibility index (Phi) is 3.63. The summed E-state index contributed by atoms with van der Waals surface area (Å²) < 4.78 is 5.64. The van der Waals surface area contributed by atoms with Crippen molar-refractivity contribution in [2.45, 2.75) is 50.5 Å². The first-order valence-electron chi connectivity index (χ1n) is 8.75. The van der Waals surface area contributed by atoms with Gasteiger partial charge in [0.15, 0.2) is 0 Å².